The third-order valence-electron chi connectivity index (χ3n) is 2.84. The molecule has 0 aromatic carbocycles. The third-order valence-corrected chi connectivity index (χ3v) is 2.84. The summed E-state index contributed by atoms with van der Waals surface area (Å²) in [6.07, 6.45) is 5.02. The highest BCUT2D eigenvalue weighted by atomic mass is 16.5. The lowest BCUT2D eigenvalue weighted by molar-refractivity contribution is -0.127. The van der Waals surface area contributed by atoms with Crippen LogP contribution in [0, 0.1) is 17.8 Å². The van der Waals surface area contributed by atoms with Gasteiger partial charge >= 0.3 is 0 Å². The summed E-state index contributed by atoms with van der Waals surface area (Å²) in [6.45, 7) is 10.3. The Bertz CT molecular complexity index is 304. The number of nitrogens with one attached hydrogen (secondary N) is 1. The van der Waals surface area contributed by atoms with Crippen LogP contribution in [0.15, 0.2) is 0 Å². The molecular weight excluding hydrogens is 258 g/mol. The zero-order valence-electron chi connectivity index (χ0n) is 13.0. The van der Waals surface area contributed by atoms with Crippen molar-refractivity contribution in [1.82, 2.24) is 5.32 Å². The van der Waals surface area contributed by atoms with Crippen LogP contribution in [0.3, 0.4) is 0 Å². The first-order chi connectivity index (χ1) is 9.38. The van der Waals surface area contributed by atoms with Crippen molar-refractivity contribution in [3.05, 3.63) is 0 Å². The molecule has 0 saturated carbocycles. The summed E-state index contributed by atoms with van der Waals surface area (Å²) in [5, 5.41) is 2.90. The maximum absolute atomic E-state index is 11.6. The zero-order chi connectivity index (χ0) is 15.4. The zero-order valence-corrected chi connectivity index (χ0v) is 13.0. The van der Waals surface area contributed by atoms with Crippen molar-refractivity contribution in [2.45, 2.75) is 33.7 Å². The molecule has 0 aromatic rings. The quantitative estimate of drug-likeness (QED) is 0.484. The highest BCUT2D eigenvalue weighted by Gasteiger charge is 2.21. The summed E-state index contributed by atoms with van der Waals surface area (Å²) < 4.78 is 15.5. The van der Waals surface area contributed by atoms with Gasteiger partial charge in [-0.05, 0) is 12.3 Å². The fraction of sp³-hybridized carbons (Fsp3) is 0.800. The van der Waals surface area contributed by atoms with Gasteiger partial charge in [-0.3, -0.25) is 4.79 Å². The predicted octanol–water partition coefficient (Wildman–Crippen LogP) is 1.22. The standard InChI is InChI=1S/C15H27NO4/c1-6-7-18-8-9-19-10-11-20-12-14(17)16-13(2)15(3,4)5/h1,13H,7-12H2,2-5H3,(H,16,17)/t13-/m0/s1. The van der Waals surface area contributed by atoms with E-state index in [0.717, 1.165) is 0 Å². The molecule has 0 bridgehead atoms. The van der Waals surface area contributed by atoms with Gasteiger partial charge in [0.05, 0.1) is 26.4 Å². The van der Waals surface area contributed by atoms with Crippen LogP contribution in [0.2, 0.25) is 0 Å². The van der Waals surface area contributed by atoms with Crippen molar-refractivity contribution in [2.24, 2.45) is 5.41 Å². The fourth-order valence-corrected chi connectivity index (χ4v) is 1.13. The molecule has 1 amide bonds. The smallest absolute Gasteiger partial charge is 0.246 e. The molecule has 0 spiro atoms. The molecule has 0 aliphatic heterocycles. The number of amides is 1. The molecule has 1 N–H and O–H groups in total. The number of terminal acetylenes is 1. The molecule has 0 aliphatic rings. The van der Waals surface area contributed by atoms with Crippen molar-refractivity contribution in [2.75, 3.05) is 39.6 Å². The number of rotatable bonds is 10. The van der Waals surface area contributed by atoms with Crippen molar-refractivity contribution in [3.63, 3.8) is 0 Å². The lowest BCUT2D eigenvalue weighted by Crippen LogP contribution is -2.43. The molecule has 0 aliphatic carbocycles. The van der Waals surface area contributed by atoms with E-state index >= 15 is 0 Å². The van der Waals surface area contributed by atoms with E-state index in [1.807, 2.05) is 6.92 Å². The molecule has 0 radical (unpaired) electrons. The van der Waals surface area contributed by atoms with Gasteiger partial charge in [0.15, 0.2) is 0 Å². The van der Waals surface area contributed by atoms with Crippen LogP contribution in [-0.4, -0.2) is 51.6 Å². The van der Waals surface area contributed by atoms with Crippen LogP contribution in [0.1, 0.15) is 27.7 Å². The van der Waals surface area contributed by atoms with E-state index in [1.165, 1.54) is 0 Å². The van der Waals surface area contributed by atoms with Crippen LogP contribution < -0.4 is 5.32 Å². The third kappa shape index (κ3) is 10.8. The second-order valence-corrected chi connectivity index (χ2v) is 5.58. The monoisotopic (exact) mass is 285 g/mol. The molecule has 5 heteroatoms. The fourth-order valence-electron chi connectivity index (χ4n) is 1.13. The minimum atomic E-state index is -0.107. The summed E-state index contributed by atoms with van der Waals surface area (Å²) in [7, 11) is 0. The summed E-state index contributed by atoms with van der Waals surface area (Å²) in [5.74, 6) is 2.26. The van der Waals surface area contributed by atoms with E-state index in [9.17, 15) is 4.79 Å². The highest BCUT2D eigenvalue weighted by molar-refractivity contribution is 5.77. The van der Waals surface area contributed by atoms with Crippen molar-refractivity contribution in [3.8, 4) is 12.3 Å². The van der Waals surface area contributed by atoms with Crippen molar-refractivity contribution >= 4 is 5.91 Å². The number of hydrogen-bond donors (Lipinski definition) is 1. The second-order valence-electron chi connectivity index (χ2n) is 5.58. The first-order valence-corrected chi connectivity index (χ1v) is 6.84. The van der Waals surface area contributed by atoms with Crippen LogP contribution >= 0.6 is 0 Å². The Labute approximate surface area is 122 Å². The Morgan fingerprint density at radius 1 is 1.15 bits per heavy atom. The molecule has 5 nitrogen and oxygen atoms in total. The molecule has 1 atom stereocenters. The topological polar surface area (TPSA) is 56.8 Å². The van der Waals surface area contributed by atoms with E-state index in [0.29, 0.717) is 33.0 Å². The average molecular weight is 285 g/mol. The average Bonchev–Trinajstić information content (AvgIpc) is 2.35. The SMILES string of the molecule is C#CCOCCOCCOCC(=O)N[C@@H](C)C(C)(C)C. The molecule has 0 saturated heterocycles. The maximum atomic E-state index is 11.6. The molecule has 0 heterocycles. The first-order valence-electron chi connectivity index (χ1n) is 6.84. The van der Waals surface area contributed by atoms with E-state index in [4.69, 9.17) is 20.6 Å². The summed E-state index contributed by atoms with van der Waals surface area (Å²) in [5.41, 5.74) is 0.0388. The Morgan fingerprint density at radius 2 is 1.70 bits per heavy atom. The van der Waals surface area contributed by atoms with Crippen LogP contribution in [0.4, 0.5) is 0 Å². The van der Waals surface area contributed by atoms with Crippen LogP contribution in [0.5, 0.6) is 0 Å². The van der Waals surface area contributed by atoms with Gasteiger partial charge in [-0.15, -0.1) is 6.42 Å². The van der Waals surface area contributed by atoms with E-state index < -0.39 is 0 Å². The second kappa shape index (κ2) is 10.7. The Balaban J connectivity index is 3.43. The summed E-state index contributed by atoms with van der Waals surface area (Å²) >= 11 is 0. The molecular formula is C15H27NO4. The first kappa shape index (κ1) is 18.9. The lowest BCUT2D eigenvalue weighted by atomic mass is 9.88. The molecule has 0 rings (SSSR count). The van der Waals surface area contributed by atoms with Gasteiger partial charge in [-0.25, -0.2) is 0 Å². The summed E-state index contributed by atoms with van der Waals surface area (Å²) in [6, 6.07) is 0.100. The van der Waals surface area contributed by atoms with Gasteiger partial charge in [0.2, 0.25) is 5.91 Å². The number of hydrogen-bond acceptors (Lipinski definition) is 4. The van der Waals surface area contributed by atoms with E-state index in [1.54, 1.807) is 0 Å². The minimum Gasteiger partial charge on any atom is -0.377 e. The Kier molecular flexibility index (Phi) is 10.1. The number of carbonyl (C=O) groups excluding carboxylic acids is 1. The Hall–Kier alpha value is -1.09. The highest BCUT2D eigenvalue weighted by Crippen LogP contribution is 2.18. The van der Waals surface area contributed by atoms with Crippen molar-refractivity contribution < 1.29 is 19.0 Å². The maximum Gasteiger partial charge on any atom is 0.246 e. The largest absolute Gasteiger partial charge is 0.377 e. The summed E-state index contributed by atoms with van der Waals surface area (Å²) in [4.78, 5) is 11.6. The molecule has 0 unspecified atom stereocenters. The lowest BCUT2D eigenvalue weighted by Gasteiger charge is -2.28. The van der Waals surface area contributed by atoms with Gasteiger partial charge in [-0.1, -0.05) is 26.7 Å². The number of ether oxygens (including phenoxy) is 3. The van der Waals surface area contributed by atoms with Gasteiger partial charge in [-0.2, -0.15) is 0 Å². The predicted molar refractivity (Wildman–Crippen MR) is 78.3 cm³/mol. The Morgan fingerprint density at radius 3 is 2.25 bits per heavy atom. The molecule has 116 valence electrons. The normalized spacial score (nSPS) is 12.8. The van der Waals surface area contributed by atoms with E-state index in [-0.39, 0.29) is 24.0 Å². The van der Waals surface area contributed by atoms with E-state index in [2.05, 4.69) is 32.0 Å². The number of carbonyl (C=O) groups is 1. The van der Waals surface area contributed by atoms with Crippen molar-refractivity contribution in [1.29, 1.82) is 0 Å². The van der Waals surface area contributed by atoms with Gasteiger partial charge in [0.1, 0.15) is 13.2 Å². The molecule has 20 heavy (non-hydrogen) atoms. The molecule has 0 aromatic heterocycles. The minimum absolute atomic E-state index is 0.0388. The van der Waals surface area contributed by atoms with Crippen LogP contribution in [-0.2, 0) is 19.0 Å². The van der Waals surface area contributed by atoms with Gasteiger partial charge in [0.25, 0.3) is 0 Å². The van der Waals surface area contributed by atoms with Crippen LogP contribution in [0.25, 0.3) is 0 Å². The van der Waals surface area contributed by atoms with Gasteiger partial charge in [0, 0.05) is 6.04 Å². The van der Waals surface area contributed by atoms with Gasteiger partial charge < -0.3 is 19.5 Å². The molecule has 0 fully saturated rings.